The quantitative estimate of drug-likeness (QED) is 0.741. The van der Waals surface area contributed by atoms with Gasteiger partial charge in [-0.2, -0.15) is 0 Å². The van der Waals surface area contributed by atoms with Gasteiger partial charge in [0, 0.05) is 19.6 Å². The summed E-state index contributed by atoms with van der Waals surface area (Å²) in [6.07, 6.45) is 1.57. The Balaban J connectivity index is 2.61. The van der Waals surface area contributed by atoms with E-state index < -0.39 is 5.97 Å². The van der Waals surface area contributed by atoms with Crippen LogP contribution < -0.4 is 0 Å². The number of carboxylic acids is 1. The molecule has 20 heavy (non-hydrogen) atoms. The fraction of sp³-hybridized carbons (Fsp3) is 0.571. The maximum Gasteiger partial charge on any atom is 0.304 e. The van der Waals surface area contributed by atoms with Gasteiger partial charge in [0.15, 0.2) is 0 Å². The molecule has 1 heterocycles. The molecule has 1 N–H and O–H groups in total. The minimum atomic E-state index is -0.871. The van der Waals surface area contributed by atoms with Gasteiger partial charge in [0.25, 0.3) is 0 Å². The second kappa shape index (κ2) is 8.37. The Morgan fingerprint density at radius 2 is 2.00 bits per heavy atom. The van der Waals surface area contributed by atoms with E-state index >= 15 is 0 Å². The van der Waals surface area contributed by atoms with Crippen LogP contribution in [-0.4, -0.2) is 53.0 Å². The molecule has 0 aliphatic heterocycles. The molecule has 0 aliphatic carbocycles. The van der Waals surface area contributed by atoms with Crippen LogP contribution in [0.1, 0.15) is 26.0 Å². The van der Waals surface area contributed by atoms with Crippen LogP contribution in [0.2, 0.25) is 0 Å². The van der Waals surface area contributed by atoms with E-state index in [9.17, 15) is 9.59 Å². The molecule has 0 bridgehead atoms. The molecule has 112 valence electrons. The third-order valence-electron chi connectivity index (χ3n) is 3.08. The molecule has 0 saturated carbocycles. The van der Waals surface area contributed by atoms with Crippen molar-refractivity contribution in [3.8, 4) is 0 Å². The van der Waals surface area contributed by atoms with Gasteiger partial charge in [0.2, 0.25) is 5.91 Å². The first-order valence-corrected chi connectivity index (χ1v) is 6.81. The van der Waals surface area contributed by atoms with E-state index in [1.807, 2.05) is 19.9 Å². The minimum Gasteiger partial charge on any atom is -0.481 e. The van der Waals surface area contributed by atoms with E-state index in [1.54, 1.807) is 22.1 Å². The summed E-state index contributed by atoms with van der Waals surface area (Å²) in [5, 5.41) is 8.78. The average Bonchev–Trinajstić information content (AvgIpc) is 2.90. The number of furan rings is 1. The maximum absolute atomic E-state index is 12.1. The van der Waals surface area contributed by atoms with Gasteiger partial charge in [-0.15, -0.1) is 0 Å². The van der Waals surface area contributed by atoms with Crippen LogP contribution in [0.3, 0.4) is 0 Å². The highest BCUT2D eigenvalue weighted by molar-refractivity contribution is 5.78. The lowest BCUT2D eigenvalue weighted by molar-refractivity contribution is -0.138. The molecular formula is C14H22N2O4. The van der Waals surface area contributed by atoms with E-state index in [0.717, 1.165) is 5.76 Å². The average molecular weight is 282 g/mol. The van der Waals surface area contributed by atoms with E-state index in [4.69, 9.17) is 9.52 Å². The van der Waals surface area contributed by atoms with E-state index in [1.165, 1.54) is 0 Å². The Kier molecular flexibility index (Phi) is 6.79. The van der Waals surface area contributed by atoms with Gasteiger partial charge in [-0.3, -0.25) is 14.5 Å². The molecule has 0 atom stereocenters. The fourth-order valence-electron chi connectivity index (χ4n) is 1.96. The van der Waals surface area contributed by atoms with Crippen molar-refractivity contribution in [1.82, 2.24) is 9.80 Å². The van der Waals surface area contributed by atoms with Crippen molar-refractivity contribution in [1.29, 1.82) is 0 Å². The number of amides is 1. The molecule has 1 aromatic heterocycles. The lowest BCUT2D eigenvalue weighted by Gasteiger charge is -2.25. The second-order valence-electron chi connectivity index (χ2n) is 4.50. The molecule has 0 fully saturated rings. The van der Waals surface area contributed by atoms with Crippen LogP contribution in [0.25, 0.3) is 0 Å². The Bertz CT molecular complexity index is 413. The van der Waals surface area contributed by atoms with Gasteiger partial charge in [0.1, 0.15) is 5.76 Å². The molecule has 0 aliphatic rings. The zero-order chi connectivity index (χ0) is 15.0. The second-order valence-corrected chi connectivity index (χ2v) is 4.50. The Hall–Kier alpha value is -1.82. The Morgan fingerprint density at radius 3 is 2.50 bits per heavy atom. The summed E-state index contributed by atoms with van der Waals surface area (Å²) >= 11 is 0. The molecule has 0 aromatic carbocycles. The van der Waals surface area contributed by atoms with Crippen LogP contribution >= 0.6 is 0 Å². The smallest absolute Gasteiger partial charge is 0.304 e. The van der Waals surface area contributed by atoms with Crippen LogP contribution in [0.4, 0.5) is 0 Å². The molecule has 6 heteroatoms. The van der Waals surface area contributed by atoms with Gasteiger partial charge in [0.05, 0.1) is 25.8 Å². The summed E-state index contributed by atoms with van der Waals surface area (Å²) in [6.45, 7) is 6.13. The van der Waals surface area contributed by atoms with E-state index in [2.05, 4.69) is 0 Å². The van der Waals surface area contributed by atoms with Crippen molar-refractivity contribution in [3.63, 3.8) is 0 Å². The first-order chi connectivity index (χ1) is 9.56. The van der Waals surface area contributed by atoms with E-state index in [-0.39, 0.29) is 18.9 Å². The molecule has 0 unspecified atom stereocenters. The summed E-state index contributed by atoms with van der Waals surface area (Å²) in [5.41, 5.74) is 0. The topological polar surface area (TPSA) is 74.0 Å². The molecule has 0 radical (unpaired) electrons. The monoisotopic (exact) mass is 282 g/mol. The van der Waals surface area contributed by atoms with Gasteiger partial charge >= 0.3 is 5.97 Å². The fourth-order valence-corrected chi connectivity index (χ4v) is 1.96. The van der Waals surface area contributed by atoms with Crippen molar-refractivity contribution < 1.29 is 19.1 Å². The molecular weight excluding hydrogens is 260 g/mol. The number of carbonyl (C=O) groups excluding carboxylic acids is 1. The SMILES string of the molecule is CCN(CC)C(=O)CN(CCC(=O)O)Cc1ccco1. The highest BCUT2D eigenvalue weighted by Crippen LogP contribution is 2.07. The number of aliphatic carboxylic acids is 1. The number of hydrogen-bond donors (Lipinski definition) is 1. The Labute approximate surface area is 119 Å². The summed E-state index contributed by atoms with van der Waals surface area (Å²) < 4.78 is 5.25. The lowest BCUT2D eigenvalue weighted by Crippen LogP contribution is -2.40. The molecule has 1 aromatic rings. The number of carboxylic acid groups (broad SMARTS) is 1. The van der Waals surface area contributed by atoms with Crippen LogP contribution in [0.15, 0.2) is 22.8 Å². The van der Waals surface area contributed by atoms with Crippen LogP contribution in [-0.2, 0) is 16.1 Å². The molecule has 6 nitrogen and oxygen atoms in total. The normalized spacial score (nSPS) is 10.8. The highest BCUT2D eigenvalue weighted by Gasteiger charge is 2.17. The lowest BCUT2D eigenvalue weighted by atomic mass is 10.3. The predicted octanol–water partition coefficient (Wildman–Crippen LogP) is 1.42. The van der Waals surface area contributed by atoms with Gasteiger partial charge in [-0.1, -0.05) is 0 Å². The van der Waals surface area contributed by atoms with Gasteiger partial charge in [-0.05, 0) is 26.0 Å². The van der Waals surface area contributed by atoms with Gasteiger partial charge in [-0.25, -0.2) is 0 Å². The molecule has 0 saturated heterocycles. The van der Waals surface area contributed by atoms with Crippen LogP contribution in [0, 0.1) is 0 Å². The first kappa shape index (κ1) is 16.2. The van der Waals surface area contributed by atoms with Crippen molar-refractivity contribution >= 4 is 11.9 Å². The number of rotatable bonds is 9. The summed E-state index contributed by atoms with van der Waals surface area (Å²) in [7, 11) is 0. The number of hydrogen-bond acceptors (Lipinski definition) is 4. The van der Waals surface area contributed by atoms with E-state index in [0.29, 0.717) is 26.2 Å². The summed E-state index contributed by atoms with van der Waals surface area (Å²) in [4.78, 5) is 26.3. The largest absolute Gasteiger partial charge is 0.481 e. The standard InChI is InChI=1S/C14H22N2O4/c1-3-16(4-2)13(17)11-15(8-7-14(18)19)10-12-6-5-9-20-12/h5-6,9H,3-4,7-8,10-11H2,1-2H3,(H,18,19). The molecule has 1 rings (SSSR count). The van der Waals surface area contributed by atoms with Crippen molar-refractivity contribution in [2.45, 2.75) is 26.8 Å². The number of likely N-dealkylation sites (N-methyl/N-ethyl adjacent to an activating group) is 1. The first-order valence-electron chi connectivity index (χ1n) is 6.81. The van der Waals surface area contributed by atoms with Crippen molar-refractivity contribution in [3.05, 3.63) is 24.2 Å². The molecule has 1 amide bonds. The zero-order valence-corrected chi connectivity index (χ0v) is 12.0. The molecule has 0 spiro atoms. The Morgan fingerprint density at radius 1 is 1.30 bits per heavy atom. The van der Waals surface area contributed by atoms with Gasteiger partial charge < -0.3 is 14.4 Å². The summed E-state index contributed by atoms with van der Waals surface area (Å²) in [6, 6.07) is 3.59. The number of carbonyl (C=O) groups is 2. The zero-order valence-electron chi connectivity index (χ0n) is 12.0. The maximum atomic E-state index is 12.1. The minimum absolute atomic E-state index is 0.00619. The third-order valence-corrected chi connectivity index (χ3v) is 3.08. The van der Waals surface area contributed by atoms with Crippen molar-refractivity contribution in [2.75, 3.05) is 26.2 Å². The highest BCUT2D eigenvalue weighted by atomic mass is 16.4. The predicted molar refractivity (Wildman–Crippen MR) is 74.2 cm³/mol. The third kappa shape index (κ3) is 5.44. The number of nitrogens with zero attached hydrogens (tertiary/aromatic N) is 2. The van der Waals surface area contributed by atoms with Crippen molar-refractivity contribution in [2.24, 2.45) is 0 Å². The summed E-state index contributed by atoms with van der Waals surface area (Å²) in [5.74, 6) is -0.139. The van der Waals surface area contributed by atoms with Crippen LogP contribution in [0.5, 0.6) is 0 Å².